The van der Waals surface area contributed by atoms with Gasteiger partial charge >= 0.3 is 0 Å². The molecule has 0 nitrogen and oxygen atoms in total. The first-order valence-corrected chi connectivity index (χ1v) is 6.05. The summed E-state index contributed by atoms with van der Waals surface area (Å²) < 4.78 is 0. The predicted octanol–water partition coefficient (Wildman–Crippen LogP) is 3.55. The maximum atomic E-state index is 3.47. The van der Waals surface area contributed by atoms with Crippen molar-refractivity contribution in [2.24, 2.45) is 5.92 Å². The molecule has 0 radical (unpaired) electrons. The highest BCUT2D eigenvalue weighted by Gasteiger charge is 2.03. The molecule has 2 heteroatoms. The van der Waals surface area contributed by atoms with Crippen LogP contribution in [0.15, 0.2) is 0 Å². The van der Waals surface area contributed by atoms with Gasteiger partial charge in [0.05, 0.1) is 0 Å². The lowest BCUT2D eigenvalue weighted by Crippen LogP contribution is -2.03. The first-order valence-electron chi connectivity index (χ1n) is 3.88. The van der Waals surface area contributed by atoms with E-state index in [-0.39, 0.29) is 0 Å². The Bertz CT molecular complexity index is 65.7. The highest BCUT2D eigenvalue weighted by Crippen LogP contribution is 2.17. The molecule has 0 saturated heterocycles. The van der Waals surface area contributed by atoms with Crippen molar-refractivity contribution in [3.05, 3.63) is 0 Å². The number of halogens is 1. The topological polar surface area (TPSA) is 0 Å². The summed E-state index contributed by atoms with van der Waals surface area (Å²) in [6.07, 6.45) is 1.29. The summed E-state index contributed by atoms with van der Waals surface area (Å²) >= 11 is 5.55. The van der Waals surface area contributed by atoms with E-state index in [1.165, 1.54) is 12.2 Å². The summed E-state index contributed by atoms with van der Waals surface area (Å²) in [6, 6.07) is 0. The number of hydrogen-bond acceptors (Lipinski definition) is 1. The molecule has 0 aliphatic heterocycles. The van der Waals surface area contributed by atoms with Crippen LogP contribution in [0.2, 0.25) is 0 Å². The van der Waals surface area contributed by atoms with E-state index in [4.69, 9.17) is 0 Å². The fourth-order valence-corrected chi connectivity index (χ4v) is 2.03. The van der Waals surface area contributed by atoms with Gasteiger partial charge in [-0.25, -0.2) is 0 Å². The molecular weight excluding hydrogens is 208 g/mol. The second-order valence-electron chi connectivity index (χ2n) is 2.81. The van der Waals surface area contributed by atoms with E-state index in [2.05, 4.69) is 48.5 Å². The molecule has 0 aromatic heterocycles. The highest BCUT2D eigenvalue weighted by molar-refractivity contribution is 9.09. The Morgan fingerprint density at radius 1 is 1.40 bits per heavy atom. The Morgan fingerprint density at radius 3 is 2.40 bits per heavy atom. The van der Waals surface area contributed by atoms with Crippen LogP contribution in [-0.2, 0) is 0 Å². The van der Waals surface area contributed by atoms with Crippen molar-refractivity contribution in [3.8, 4) is 0 Å². The third-order valence-corrected chi connectivity index (χ3v) is 4.27. The van der Waals surface area contributed by atoms with E-state index in [1.54, 1.807) is 0 Å². The van der Waals surface area contributed by atoms with Crippen molar-refractivity contribution in [3.63, 3.8) is 0 Å². The summed E-state index contributed by atoms with van der Waals surface area (Å²) in [7, 11) is 0. The zero-order chi connectivity index (χ0) is 7.98. The molecule has 0 bridgehead atoms. The molecule has 0 aromatic carbocycles. The molecule has 0 spiro atoms. The zero-order valence-corrected chi connectivity index (χ0v) is 9.46. The fourth-order valence-electron chi connectivity index (χ4n) is 0.491. The van der Waals surface area contributed by atoms with Crippen LogP contribution in [0.3, 0.4) is 0 Å². The van der Waals surface area contributed by atoms with Crippen LogP contribution in [0.1, 0.15) is 27.2 Å². The molecule has 2 atom stereocenters. The van der Waals surface area contributed by atoms with Crippen LogP contribution >= 0.6 is 27.7 Å². The van der Waals surface area contributed by atoms with Crippen molar-refractivity contribution in [1.29, 1.82) is 0 Å². The van der Waals surface area contributed by atoms with Gasteiger partial charge < -0.3 is 0 Å². The van der Waals surface area contributed by atoms with Gasteiger partial charge in [-0.2, -0.15) is 11.8 Å². The van der Waals surface area contributed by atoms with Crippen LogP contribution in [0, 0.1) is 5.92 Å². The van der Waals surface area contributed by atoms with Crippen LogP contribution in [0.5, 0.6) is 0 Å². The summed E-state index contributed by atoms with van der Waals surface area (Å²) in [5, 5.41) is 1.97. The van der Waals surface area contributed by atoms with Crippen molar-refractivity contribution in [2.75, 3.05) is 11.1 Å². The van der Waals surface area contributed by atoms with Gasteiger partial charge in [0.2, 0.25) is 0 Å². The second kappa shape index (κ2) is 6.53. The third kappa shape index (κ3) is 5.60. The number of alkyl halides is 1. The van der Waals surface area contributed by atoms with Gasteiger partial charge in [-0.1, -0.05) is 36.7 Å². The largest absolute Gasteiger partial charge is 0.159 e. The fraction of sp³-hybridized carbons (Fsp3) is 1.00. The number of hydrogen-bond donors (Lipinski definition) is 0. The SMILES string of the molecule is CCC(C)SCC(C)CBr. The molecule has 0 heterocycles. The minimum atomic E-state index is 0.819. The minimum absolute atomic E-state index is 0.819. The highest BCUT2D eigenvalue weighted by atomic mass is 79.9. The smallest absolute Gasteiger partial charge is 0.00649 e. The molecule has 2 unspecified atom stereocenters. The molecule has 10 heavy (non-hydrogen) atoms. The van der Waals surface area contributed by atoms with Crippen LogP contribution in [0.4, 0.5) is 0 Å². The lowest BCUT2D eigenvalue weighted by Gasteiger charge is -2.10. The quantitative estimate of drug-likeness (QED) is 0.645. The standard InChI is InChI=1S/C8H17BrS/c1-4-8(3)10-6-7(2)5-9/h7-8H,4-6H2,1-3H3. The summed E-state index contributed by atoms with van der Waals surface area (Å²) in [5.74, 6) is 2.11. The van der Waals surface area contributed by atoms with Crippen LogP contribution in [-0.4, -0.2) is 16.3 Å². The van der Waals surface area contributed by atoms with Crippen molar-refractivity contribution >= 4 is 27.7 Å². The molecule has 0 aliphatic carbocycles. The Balaban J connectivity index is 3.17. The van der Waals surface area contributed by atoms with Crippen LogP contribution < -0.4 is 0 Å². The van der Waals surface area contributed by atoms with Gasteiger partial charge in [0.15, 0.2) is 0 Å². The van der Waals surface area contributed by atoms with E-state index < -0.39 is 0 Å². The lowest BCUT2D eigenvalue weighted by atomic mass is 10.3. The van der Waals surface area contributed by atoms with E-state index in [1.807, 2.05) is 0 Å². The Morgan fingerprint density at radius 2 is 2.00 bits per heavy atom. The number of rotatable bonds is 5. The zero-order valence-electron chi connectivity index (χ0n) is 7.06. The molecule has 0 saturated carbocycles. The van der Waals surface area contributed by atoms with Gasteiger partial charge in [-0.15, -0.1) is 0 Å². The Hall–Kier alpha value is 0.830. The maximum absolute atomic E-state index is 3.47. The average Bonchev–Trinajstić information content (AvgIpc) is 1.99. The molecule has 0 fully saturated rings. The predicted molar refractivity (Wildman–Crippen MR) is 55.2 cm³/mol. The molecule has 0 N–H and O–H groups in total. The lowest BCUT2D eigenvalue weighted by molar-refractivity contribution is 0.764. The van der Waals surface area contributed by atoms with Crippen molar-refractivity contribution in [1.82, 2.24) is 0 Å². The van der Waals surface area contributed by atoms with Gasteiger partial charge in [-0.05, 0) is 18.1 Å². The van der Waals surface area contributed by atoms with Gasteiger partial charge in [-0.3, -0.25) is 0 Å². The summed E-state index contributed by atoms with van der Waals surface area (Å²) in [5.41, 5.74) is 0. The molecular formula is C8H17BrS. The monoisotopic (exact) mass is 224 g/mol. The first kappa shape index (κ1) is 10.8. The Labute approximate surface area is 77.3 Å². The van der Waals surface area contributed by atoms with Gasteiger partial charge in [0.1, 0.15) is 0 Å². The molecule has 0 rings (SSSR count). The Kier molecular flexibility index (Phi) is 7.08. The summed E-state index contributed by atoms with van der Waals surface area (Å²) in [6.45, 7) is 6.83. The third-order valence-electron chi connectivity index (χ3n) is 1.50. The molecule has 62 valence electrons. The first-order chi connectivity index (χ1) is 4.70. The van der Waals surface area contributed by atoms with E-state index >= 15 is 0 Å². The van der Waals surface area contributed by atoms with Crippen molar-refractivity contribution in [2.45, 2.75) is 32.4 Å². The molecule has 0 amide bonds. The molecule has 0 aliphatic rings. The number of thioether (sulfide) groups is 1. The summed E-state index contributed by atoms with van der Waals surface area (Å²) in [4.78, 5) is 0. The van der Waals surface area contributed by atoms with E-state index in [0.29, 0.717) is 0 Å². The molecule has 0 aromatic rings. The van der Waals surface area contributed by atoms with Crippen molar-refractivity contribution < 1.29 is 0 Å². The second-order valence-corrected chi connectivity index (χ2v) is 4.93. The average molecular weight is 225 g/mol. The minimum Gasteiger partial charge on any atom is -0.159 e. The maximum Gasteiger partial charge on any atom is 0.00649 e. The van der Waals surface area contributed by atoms with Crippen LogP contribution in [0.25, 0.3) is 0 Å². The van der Waals surface area contributed by atoms with Gasteiger partial charge in [0.25, 0.3) is 0 Å². The van der Waals surface area contributed by atoms with E-state index in [9.17, 15) is 0 Å². The normalized spacial score (nSPS) is 16.8. The van der Waals surface area contributed by atoms with E-state index in [0.717, 1.165) is 16.5 Å². The van der Waals surface area contributed by atoms with Gasteiger partial charge in [0, 0.05) is 10.6 Å².